The molecule has 0 aliphatic heterocycles. The lowest BCUT2D eigenvalue weighted by Gasteiger charge is -2.10. The van der Waals surface area contributed by atoms with Crippen LogP contribution in [0, 0.1) is 5.92 Å². The summed E-state index contributed by atoms with van der Waals surface area (Å²) in [4.78, 5) is 13.2. The van der Waals surface area contributed by atoms with Crippen molar-refractivity contribution in [1.82, 2.24) is 15.0 Å². The van der Waals surface area contributed by atoms with Crippen LogP contribution >= 0.6 is 0 Å². The van der Waals surface area contributed by atoms with Crippen LogP contribution in [0.1, 0.15) is 18.4 Å². The molecular weight excluding hydrogens is 346 g/mol. The molecule has 2 aromatic carbocycles. The van der Waals surface area contributed by atoms with Crippen LogP contribution in [0.15, 0.2) is 73.2 Å². The Balaban J connectivity index is 1.27. The fourth-order valence-corrected chi connectivity index (χ4v) is 3.33. The first-order valence-electron chi connectivity index (χ1n) is 9.62. The number of fused-ring (bicyclic) bond motifs is 1. The zero-order chi connectivity index (χ0) is 18.8. The fraction of sp³-hybridized carbons (Fsp3) is 0.174. The van der Waals surface area contributed by atoms with Crippen molar-refractivity contribution in [2.45, 2.75) is 19.3 Å². The van der Waals surface area contributed by atoms with E-state index in [1.807, 2.05) is 30.3 Å². The summed E-state index contributed by atoms with van der Waals surface area (Å²) in [5.74, 6) is 1.49. The maximum atomic E-state index is 4.43. The molecule has 0 spiro atoms. The van der Waals surface area contributed by atoms with E-state index in [9.17, 15) is 0 Å². The molecule has 1 saturated carbocycles. The summed E-state index contributed by atoms with van der Waals surface area (Å²) in [5, 5.41) is 7.71. The topological polar surface area (TPSA) is 62.7 Å². The van der Waals surface area contributed by atoms with E-state index in [1.54, 1.807) is 18.6 Å². The Hall–Kier alpha value is -3.47. The molecule has 28 heavy (non-hydrogen) atoms. The lowest BCUT2D eigenvalue weighted by molar-refractivity contribution is 0.832. The highest BCUT2D eigenvalue weighted by molar-refractivity contribution is 5.92. The number of aromatic nitrogens is 3. The molecule has 138 valence electrons. The smallest absolute Gasteiger partial charge is 0.227 e. The van der Waals surface area contributed by atoms with E-state index >= 15 is 0 Å². The van der Waals surface area contributed by atoms with Gasteiger partial charge in [0.15, 0.2) is 0 Å². The first-order valence-corrected chi connectivity index (χ1v) is 9.62. The van der Waals surface area contributed by atoms with Crippen LogP contribution in [0.3, 0.4) is 0 Å². The van der Waals surface area contributed by atoms with Gasteiger partial charge in [0.1, 0.15) is 0 Å². The molecule has 2 N–H and O–H groups in total. The van der Waals surface area contributed by atoms with E-state index in [0.717, 1.165) is 33.9 Å². The van der Waals surface area contributed by atoms with Crippen LogP contribution in [0.5, 0.6) is 0 Å². The van der Waals surface area contributed by atoms with Crippen LogP contribution in [0.4, 0.5) is 23.0 Å². The Bertz CT molecular complexity index is 1080. The molecule has 0 amide bonds. The summed E-state index contributed by atoms with van der Waals surface area (Å²) in [7, 11) is 0. The Morgan fingerprint density at radius 3 is 2.36 bits per heavy atom. The van der Waals surface area contributed by atoms with Gasteiger partial charge in [-0.25, -0.2) is 9.97 Å². The molecule has 1 aliphatic carbocycles. The lowest BCUT2D eigenvalue weighted by Crippen LogP contribution is -1.99. The van der Waals surface area contributed by atoms with Crippen LogP contribution < -0.4 is 10.6 Å². The van der Waals surface area contributed by atoms with Crippen molar-refractivity contribution in [3.63, 3.8) is 0 Å². The molecule has 0 bridgehead atoms. The third-order valence-electron chi connectivity index (χ3n) is 5.01. The minimum Gasteiger partial charge on any atom is -0.352 e. The Kier molecular flexibility index (Phi) is 4.33. The quantitative estimate of drug-likeness (QED) is 0.473. The second-order valence-corrected chi connectivity index (χ2v) is 7.27. The molecule has 0 saturated heterocycles. The highest BCUT2D eigenvalue weighted by atomic mass is 15.1. The third-order valence-corrected chi connectivity index (χ3v) is 5.01. The molecule has 1 fully saturated rings. The Labute approximate surface area is 163 Å². The number of para-hydroxylation sites is 1. The van der Waals surface area contributed by atoms with Crippen molar-refractivity contribution < 1.29 is 0 Å². The number of nitrogens with one attached hydrogen (secondary N) is 2. The largest absolute Gasteiger partial charge is 0.352 e. The summed E-state index contributed by atoms with van der Waals surface area (Å²) < 4.78 is 0. The van der Waals surface area contributed by atoms with Crippen LogP contribution in [-0.2, 0) is 6.42 Å². The average molecular weight is 367 g/mol. The lowest BCUT2D eigenvalue weighted by atomic mass is 10.1. The Morgan fingerprint density at radius 1 is 0.786 bits per heavy atom. The average Bonchev–Trinajstić information content (AvgIpc) is 3.55. The number of hydrogen-bond acceptors (Lipinski definition) is 5. The van der Waals surface area contributed by atoms with Gasteiger partial charge in [0.05, 0.1) is 23.6 Å². The van der Waals surface area contributed by atoms with Crippen molar-refractivity contribution in [2.24, 2.45) is 5.92 Å². The van der Waals surface area contributed by atoms with Crippen LogP contribution in [-0.4, -0.2) is 15.0 Å². The second-order valence-electron chi connectivity index (χ2n) is 7.27. The molecule has 0 atom stereocenters. The van der Waals surface area contributed by atoms with E-state index in [2.05, 4.69) is 49.9 Å². The standard InChI is InChI=1S/C23H21N5/c1-2-4-21-20(3-1)22(11-12-24-21)27-19-14-25-23(26-15-19)28-18-9-7-17(8-10-18)13-16-5-6-16/h1-4,7-12,14-16H,5-6,13H2,(H,24,27)(H,25,26,28). The summed E-state index contributed by atoms with van der Waals surface area (Å²) >= 11 is 0. The first kappa shape index (κ1) is 16.7. The molecular formula is C23H21N5. The van der Waals surface area contributed by atoms with Gasteiger partial charge in [0, 0.05) is 23.0 Å². The van der Waals surface area contributed by atoms with Gasteiger partial charge in [-0.15, -0.1) is 0 Å². The van der Waals surface area contributed by atoms with Gasteiger partial charge in [0.25, 0.3) is 0 Å². The van der Waals surface area contributed by atoms with Gasteiger partial charge in [-0.2, -0.15) is 0 Å². The maximum Gasteiger partial charge on any atom is 0.227 e. The van der Waals surface area contributed by atoms with Gasteiger partial charge in [-0.1, -0.05) is 30.3 Å². The van der Waals surface area contributed by atoms with Gasteiger partial charge in [-0.3, -0.25) is 4.98 Å². The van der Waals surface area contributed by atoms with E-state index < -0.39 is 0 Å². The number of rotatable bonds is 6. The van der Waals surface area contributed by atoms with E-state index in [0.29, 0.717) is 5.95 Å². The van der Waals surface area contributed by atoms with Crippen molar-refractivity contribution in [3.05, 3.63) is 78.8 Å². The van der Waals surface area contributed by atoms with Crippen LogP contribution in [0.2, 0.25) is 0 Å². The van der Waals surface area contributed by atoms with Gasteiger partial charge >= 0.3 is 0 Å². The summed E-state index contributed by atoms with van der Waals surface area (Å²) in [6, 6.07) is 18.6. The minimum atomic E-state index is 0.583. The Morgan fingerprint density at radius 2 is 1.57 bits per heavy atom. The molecule has 0 radical (unpaired) electrons. The molecule has 2 aromatic heterocycles. The predicted molar refractivity (Wildman–Crippen MR) is 113 cm³/mol. The molecule has 5 heteroatoms. The number of pyridine rings is 1. The van der Waals surface area contributed by atoms with Crippen LogP contribution in [0.25, 0.3) is 10.9 Å². The highest BCUT2D eigenvalue weighted by Crippen LogP contribution is 2.32. The van der Waals surface area contributed by atoms with E-state index in [-0.39, 0.29) is 0 Å². The number of nitrogens with zero attached hydrogens (tertiary/aromatic N) is 3. The fourth-order valence-electron chi connectivity index (χ4n) is 3.33. The van der Waals surface area contributed by atoms with Crippen molar-refractivity contribution >= 4 is 33.9 Å². The molecule has 0 unspecified atom stereocenters. The summed E-state index contributed by atoms with van der Waals surface area (Å²) in [5.41, 5.74) is 5.18. The van der Waals surface area contributed by atoms with E-state index in [1.165, 1.54) is 24.8 Å². The summed E-state index contributed by atoms with van der Waals surface area (Å²) in [6.07, 6.45) is 9.32. The molecule has 1 aliphatic rings. The molecule has 5 nitrogen and oxygen atoms in total. The third kappa shape index (κ3) is 3.78. The monoisotopic (exact) mass is 367 g/mol. The van der Waals surface area contributed by atoms with Gasteiger partial charge in [-0.05, 0) is 55.0 Å². The highest BCUT2D eigenvalue weighted by Gasteiger charge is 2.21. The van der Waals surface area contributed by atoms with Gasteiger partial charge < -0.3 is 10.6 Å². The summed E-state index contributed by atoms with van der Waals surface area (Å²) in [6.45, 7) is 0. The van der Waals surface area contributed by atoms with E-state index in [4.69, 9.17) is 0 Å². The zero-order valence-corrected chi connectivity index (χ0v) is 15.5. The zero-order valence-electron chi connectivity index (χ0n) is 15.5. The normalized spacial score (nSPS) is 13.4. The SMILES string of the molecule is c1ccc2c(Nc3cnc(Nc4ccc(CC5CC5)cc4)nc3)ccnc2c1. The number of anilines is 4. The second kappa shape index (κ2) is 7.27. The van der Waals surface area contributed by atoms with Crippen molar-refractivity contribution in [1.29, 1.82) is 0 Å². The molecule has 2 heterocycles. The molecule has 4 aromatic rings. The maximum absolute atomic E-state index is 4.43. The predicted octanol–water partition coefficient (Wildman–Crippen LogP) is 5.46. The van der Waals surface area contributed by atoms with Crippen molar-refractivity contribution in [3.8, 4) is 0 Å². The van der Waals surface area contributed by atoms with Gasteiger partial charge in [0.2, 0.25) is 5.95 Å². The number of benzene rings is 2. The van der Waals surface area contributed by atoms with Crippen molar-refractivity contribution in [2.75, 3.05) is 10.6 Å². The number of hydrogen-bond donors (Lipinski definition) is 2. The minimum absolute atomic E-state index is 0.583. The molecule has 5 rings (SSSR count). The first-order chi connectivity index (χ1) is 13.8.